The molecule has 0 unspecified atom stereocenters. The summed E-state index contributed by atoms with van der Waals surface area (Å²) >= 11 is 0. The molecule has 5 heteroatoms. The topological polar surface area (TPSA) is 53.4 Å². The minimum atomic E-state index is -0.139. The van der Waals surface area contributed by atoms with Crippen LogP contribution in [0, 0.1) is 6.92 Å². The molecule has 0 saturated heterocycles. The molecule has 1 aromatic heterocycles. The number of rotatable bonds is 5. The van der Waals surface area contributed by atoms with Gasteiger partial charge in [-0.3, -0.25) is 4.79 Å². The number of methoxy groups -OCH3 is 2. The van der Waals surface area contributed by atoms with Gasteiger partial charge in [0.15, 0.2) is 0 Å². The molecule has 0 spiro atoms. The van der Waals surface area contributed by atoms with Gasteiger partial charge in [-0.2, -0.15) is 5.10 Å². The maximum absolute atomic E-state index is 12.2. The lowest BCUT2D eigenvalue weighted by molar-refractivity contribution is 0.395. The van der Waals surface area contributed by atoms with E-state index in [0.29, 0.717) is 23.7 Å². The molecule has 25 heavy (non-hydrogen) atoms. The number of hydrogen-bond donors (Lipinski definition) is 0. The second-order valence-corrected chi connectivity index (χ2v) is 5.71. The molecule has 1 heterocycles. The summed E-state index contributed by atoms with van der Waals surface area (Å²) in [5, 5.41) is 4.53. The van der Waals surface area contributed by atoms with Gasteiger partial charge >= 0.3 is 0 Å². The van der Waals surface area contributed by atoms with Gasteiger partial charge in [0.05, 0.1) is 26.5 Å². The predicted octanol–water partition coefficient (Wildman–Crippen LogP) is 3.28. The maximum atomic E-state index is 12.2. The average Bonchev–Trinajstić information content (AvgIpc) is 2.64. The monoisotopic (exact) mass is 336 g/mol. The first-order valence-corrected chi connectivity index (χ1v) is 7.97. The molecule has 3 rings (SSSR count). The van der Waals surface area contributed by atoms with Crippen molar-refractivity contribution < 1.29 is 9.47 Å². The van der Waals surface area contributed by atoms with Crippen LogP contribution in [-0.2, 0) is 6.54 Å². The molecule has 0 aliphatic heterocycles. The maximum Gasteiger partial charge on any atom is 0.267 e. The van der Waals surface area contributed by atoms with Crippen LogP contribution >= 0.6 is 0 Å². The van der Waals surface area contributed by atoms with Crippen molar-refractivity contribution in [1.82, 2.24) is 9.78 Å². The highest BCUT2D eigenvalue weighted by molar-refractivity contribution is 5.68. The van der Waals surface area contributed by atoms with Crippen LogP contribution < -0.4 is 15.0 Å². The number of hydrogen-bond acceptors (Lipinski definition) is 4. The van der Waals surface area contributed by atoms with Crippen LogP contribution in [-0.4, -0.2) is 24.0 Å². The highest BCUT2D eigenvalue weighted by Crippen LogP contribution is 2.31. The fourth-order valence-electron chi connectivity index (χ4n) is 2.66. The van der Waals surface area contributed by atoms with E-state index in [1.54, 1.807) is 26.4 Å². The zero-order valence-electron chi connectivity index (χ0n) is 14.5. The fourth-order valence-corrected chi connectivity index (χ4v) is 2.66. The minimum Gasteiger partial charge on any atom is -0.497 e. The zero-order chi connectivity index (χ0) is 17.8. The Morgan fingerprint density at radius 2 is 1.80 bits per heavy atom. The van der Waals surface area contributed by atoms with Gasteiger partial charge in [0.1, 0.15) is 11.5 Å². The van der Waals surface area contributed by atoms with Gasteiger partial charge in [-0.25, -0.2) is 4.68 Å². The second-order valence-electron chi connectivity index (χ2n) is 5.71. The van der Waals surface area contributed by atoms with Crippen molar-refractivity contribution >= 4 is 0 Å². The molecule has 0 amide bonds. The summed E-state index contributed by atoms with van der Waals surface area (Å²) in [5.74, 6) is 1.35. The van der Waals surface area contributed by atoms with E-state index < -0.39 is 0 Å². The molecule has 0 bridgehead atoms. The molecule has 0 atom stereocenters. The van der Waals surface area contributed by atoms with E-state index in [0.717, 1.165) is 16.7 Å². The third-order valence-corrected chi connectivity index (χ3v) is 4.13. The number of aryl methyl sites for hydroxylation is 1. The molecule has 0 aliphatic carbocycles. The summed E-state index contributed by atoms with van der Waals surface area (Å²) in [6.45, 7) is 2.45. The predicted molar refractivity (Wildman–Crippen MR) is 97.3 cm³/mol. The van der Waals surface area contributed by atoms with Crippen molar-refractivity contribution in [2.75, 3.05) is 14.2 Å². The molecular weight excluding hydrogens is 316 g/mol. The number of benzene rings is 2. The van der Waals surface area contributed by atoms with Crippen molar-refractivity contribution in [1.29, 1.82) is 0 Å². The summed E-state index contributed by atoms with van der Waals surface area (Å²) in [4.78, 5) is 12.2. The molecule has 3 aromatic rings. The second kappa shape index (κ2) is 7.21. The molecule has 2 aromatic carbocycles. The Bertz CT molecular complexity index is 948. The summed E-state index contributed by atoms with van der Waals surface area (Å²) in [6, 6.07) is 16.7. The first-order valence-electron chi connectivity index (χ1n) is 7.97. The van der Waals surface area contributed by atoms with Crippen molar-refractivity contribution in [3.8, 4) is 22.8 Å². The Kier molecular flexibility index (Phi) is 4.84. The largest absolute Gasteiger partial charge is 0.497 e. The van der Waals surface area contributed by atoms with E-state index in [2.05, 4.69) is 5.10 Å². The van der Waals surface area contributed by atoms with Gasteiger partial charge in [0.2, 0.25) is 0 Å². The zero-order valence-corrected chi connectivity index (χ0v) is 14.5. The third-order valence-electron chi connectivity index (χ3n) is 4.13. The Labute approximate surface area is 146 Å². The average molecular weight is 336 g/mol. The minimum absolute atomic E-state index is 0.139. The van der Waals surface area contributed by atoms with Gasteiger partial charge in [-0.05, 0) is 36.2 Å². The van der Waals surface area contributed by atoms with Gasteiger partial charge in [-0.1, -0.05) is 24.3 Å². The van der Waals surface area contributed by atoms with Gasteiger partial charge in [0, 0.05) is 17.7 Å². The van der Waals surface area contributed by atoms with Crippen LogP contribution in [0.4, 0.5) is 0 Å². The highest BCUT2D eigenvalue weighted by Gasteiger charge is 2.11. The summed E-state index contributed by atoms with van der Waals surface area (Å²) < 4.78 is 12.1. The van der Waals surface area contributed by atoms with E-state index in [-0.39, 0.29) is 5.56 Å². The standard InChI is InChI=1S/C20H20N2O3/c1-14-6-4-5-7-15(14)13-22-20(23)11-10-18(21-22)17-9-8-16(24-2)12-19(17)25-3/h4-12H,13H2,1-3H3. The third kappa shape index (κ3) is 3.55. The lowest BCUT2D eigenvalue weighted by Gasteiger charge is -2.12. The normalized spacial score (nSPS) is 10.5. The molecule has 0 saturated carbocycles. The van der Waals surface area contributed by atoms with Crippen LogP contribution in [0.5, 0.6) is 11.5 Å². The van der Waals surface area contributed by atoms with Crippen molar-refractivity contribution in [2.24, 2.45) is 0 Å². The molecule has 0 radical (unpaired) electrons. The lowest BCUT2D eigenvalue weighted by Crippen LogP contribution is -2.23. The number of aromatic nitrogens is 2. The SMILES string of the molecule is COc1ccc(-c2ccc(=O)n(Cc3ccccc3C)n2)c(OC)c1. The van der Waals surface area contributed by atoms with Gasteiger partial charge in [0.25, 0.3) is 5.56 Å². The van der Waals surface area contributed by atoms with E-state index in [9.17, 15) is 4.79 Å². The summed E-state index contributed by atoms with van der Waals surface area (Å²) in [7, 11) is 3.21. The molecule has 5 nitrogen and oxygen atoms in total. The Hall–Kier alpha value is -3.08. The Morgan fingerprint density at radius 1 is 1.00 bits per heavy atom. The fraction of sp³-hybridized carbons (Fsp3) is 0.200. The van der Waals surface area contributed by atoms with E-state index in [1.807, 2.05) is 43.3 Å². The van der Waals surface area contributed by atoms with Gasteiger partial charge in [-0.15, -0.1) is 0 Å². The van der Waals surface area contributed by atoms with Crippen LogP contribution in [0.15, 0.2) is 59.4 Å². The van der Waals surface area contributed by atoms with Crippen molar-refractivity contribution in [3.05, 3.63) is 76.1 Å². The Balaban J connectivity index is 2.03. The van der Waals surface area contributed by atoms with Crippen LogP contribution in [0.1, 0.15) is 11.1 Å². The quantitative estimate of drug-likeness (QED) is 0.717. The summed E-state index contributed by atoms with van der Waals surface area (Å²) in [5.41, 5.74) is 3.54. The lowest BCUT2D eigenvalue weighted by atomic mass is 10.1. The first-order chi connectivity index (χ1) is 12.1. The molecule has 128 valence electrons. The molecule has 0 fully saturated rings. The highest BCUT2D eigenvalue weighted by atomic mass is 16.5. The smallest absolute Gasteiger partial charge is 0.267 e. The molecular formula is C20H20N2O3. The van der Waals surface area contributed by atoms with Gasteiger partial charge < -0.3 is 9.47 Å². The van der Waals surface area contributed by atoms with Crippen LogP contribution in [0.25, 0.3) is 11.3 Å². The van der Waals surface area contributed by atoms with Crippen molar-refractivity contribution in [3.63, 3.8) is 0 Å². The summed E-state index contributed by atoms with van der Waals surface area (Å²) in [6.07, 6.45) is 0. The van der Waals surface area contributed by atoms with Crippen LogP contribution in [0.2, 0.25) is 0 Å². The van der Waals surface area contributed by atoms with Crippen LogP contribution in [0.3, 0.4) is 0 Å². The number of nitrogens with zero attached hydrogens (tertiary/aromatic N) is 2. The molecule has 0 aliphatic rings. The number of ether oxygens (including phenoxy) is 2. The van der Waals surface area contributed by atoms with E-state index in [1.165, 1.54) is 10.7 Å². The van der Waals surface area contributed by atoms with E-state index >= 15 is 0 Å². The Morgan fingerprint density at radius 3 is 2.52 bits per heavy atom. The molecule has 0 N–H and O–H groups in total. The van der Waals surface area contributed by atoms with E-state index in [4.69, 9.17) is 9.47 Å². The van der Waals surface area contributed by atoms with Crippen molar-refractivity contribution in [2.45, 2.75) is 13.5 Å². The first kappa shape index (κ1) is 16.8.